The summed E-state index contributed by atoms with van der Waals surface area (Å²) in [6.07, 6.45) is 2.75. The van der Waals surface area contributed by atoms with Gasteiger partial charge in [-0.05, 0) is 60.4 Å². The van der Waals surface area contributed by atoms with Gasteiger partial charge in [-0.2, -0.15) is 0 Å². The zero-order valence-corrected chi connectivity index (χ0v) is 16.0. The summed E-state index contributed by atoms with van der Waals surface area (Å²) >= 11 is 0. The van der Waals surface area contributed by atoms with Crippen LogP contribution in [-0.4, -0.2) is 18.4 Å². The second kappa shape index (κ2) is 7.91. The third kappa shape index (κ3) is 4.06. The summed E-state index contributed by atoms with van der Waals surface area (Å²) in [5, 5.41) is 2.92. The van der Waals surface area contributed by atoms with Gasteiger partial charge in [0.05, 0.1) is 6.26 Å². The molecule has 148 valence electrons. The minimum absolute atomic E-state index is 0.129. The Labute approximate surface area is 168 Å². The molecule has 2 aromatic carbocycles. The first-order valence-electron chi connectivity index (χ1n) is 9.55. The first-order valence-corrected chi connectivity index (χ1v) is 9.55. The topological polar surface area (TPSA) is 62.6 Å². The van der Waals surface area contributed by atoms with Crippen LogP contribution in [0.1, 0.15) is 28.6 Å². The fourth-order valence-corrected chi connectivity index (χ4v) is 3.53. The molecule has 0 radical (unpaired) electrons. The molecule has 0 fully saturated rings. The minimum Gasteiger partial charge on any atom is -0.459 e. The average Bonchev–Trinajstić information content (AvgIpc) is 3.39. The highest BCUT2D eigenvalue weighted by Crippen LogP contribution is 2.32. The molecule has 4 rings (SSSR count). The van der Waals surface area contributed by atoms with Gasteiger partial charge in [-0.25, -0.2) is 4.39 Å². The van der Waals surface area contributed by atoms with Gasteiger partial charge in [-0.15, -0.1) is 0 Å². The Kier molecular flexibility index (Phi) is 5.16. The van der Waals surface area contributed by atoms with E-state index in [4.69, 9.17) is 4.42 Å². The highest BCUT2D eigenvalue weighted by Gasteiger charge is 2.27. The van der Waals surface area contributed by atoms with Crippen molar-refractivity contribution >= 4 is 23.2 Å². The number of nitrogens with zero attached hydrogens (tertiary/aromatic N) is 1. The summed E-state index contributed by atoms with van der Waals surface area (Å²) in [5.41, 5.74) is 3.38. The molecule has 5 nitrogen and oxygen atoms in total. The lowest BCUT2D eigenvalue weighted by Crippen LogP contribution is -2.28. The Bertz CT molecular complexity index is 1030. The fourth-order valence-electron chi connectivity index (χ4n) is 3.53. The molecule has 6 heteroatoms. The number of anilines is 2. The van der Waals surface area contributed by atoms with Crippen LogP contribution in [0.3, 0.4) is 0 Å². The number of halogens is 1. The first kappa shape index (κ1) is 18.9. The number of carbonyl (C=O) groups excluding carboxylic acids is 2. The number of furan rings is 1. The normalized spacial score (nSPS) is 13.8. The molecule has 1 atom stereocenters. The van der Waals surface area contributed by atoms with Crippen LogP contribution in [-0.2, 0) is 17.6 Å². The number of carbonyl (C=O) groups is 2. The monoisotopic (exact) mass is 392 g/mol. The molecule has 0 bridgehead atoms. The van der Waals surface area contributed by atoms with E-state index < -0.39 is 0 Å². The highest BCUT2D eigenvalue weighted by atomic mass is 19.1. The summed E-state index contributed by atoms with van der Waals surface area (Å²) in [7, 11) is 0. The standard InChI is InChI=1S/C23H21FN2O3/c1-15(13-16-4-7-18(24)8-5-16)22(27)25-19-9-6-17-10-11-26(20(17)14-19)23(28)21-3-2-12-29-21/h2-9,12,14-15H,10-11,13H2,1H3,(H,25,27). The van der Waals surface area contributed by atoms with Crippen molar-refractivity contribution in [2.75, 3.05) is 16.8 Å². The van der Waals surface area contributed by atoms with Crippen LogP contribution < -0.4 is 10.2 Å². The summed E-state index contributed by atoms with van der Waals surface area (Å²) in [4.78, 5) is 26.9. The number of benzene rings is 2. The van der Waals surface area contributed by atoms with Gasteiger partial charge in [-0.3, -0.25) is 9.59 Å². The van der Waals surface area contributed by atoms with Crippen molar-refractivity contribution in [2.45, 2.75) is 19.8 Å². The quantitative estimate of drug-likeness (QED) is 0.698. The van der Waals surface area contributed by atoms with Crippen molar-refractivity contribution in [1.29, 1.82) is 0 Å². The summed E-state index contributed by atoms with van der Waals surface area (Å²) in [6.45, 7) is 2.41. The number of hydrogen-bond acceptors (Lipinski definition) is 3. The molecular formula is C23H21FN2O3. The molecule has 1 aliphatic heterocycles. The van der Waals surface area contributed by atoms with Crippen LogP contribution in [0.15, 0.2) is 65.3 Å². The maximum absolute atomic E-state index is 13.0. The smallest absolute Gasteiger partial charge is 0.293 e. The molecule has 1 unspecified atom stereocenters. The van der Waals surface area contributed by atoms with E-state index in [1.807, 2.05) is 25.1 Å². The molecule has 0 saturated heterocycles. The van der Waals surface area contributed by atoms with Crippen molar-refractivity contribution in [2.24, 2.45) is 5.92 Å². The van der Waals surface area contributed by atoms with Crippen LogP contribution in [0.4, 0.5) is 15.8 Å². The molecule has 3 aromatic rings. The van der Waals surface area contributed by atoms with E-state index in [0.29, 0.717) is 24.4 Å². The largest absolute Gasteiger partial charge is 0.459 e. The lowest BCUT2D eigenvalue weighted by Gasteiger charge is -2.17. The van der Waals surface area contributed by atoms with Gasteiger partial charge in [-0.1, -0.05) is 25.1 Å². The van der Waals surface area contributed by atoms with E-state index in [9.17, 15) is 14.0 Å². The van der Waals surface area contributed by atoms with Gasteiger partial charge in [0.1, 0.15) is 5.82 Å². The highest BCUT2D eigenvalue weighted by molar-refractivity contribution is 6.06. The van der Waals surface area contributed by atoms with Crippen molar-refractivity contribution in [3.63, 3.8) is 0 Å². The van der Waals surface area contributed by atoms with Gasteiger partial charge in [0.15, 0.2) is 5.76 Å². The number of amides is 2. The Morgan fingerprint density at radius 3 is 2.69 bits per heavy atom. The third-order valence-electron chi connectivity index (χ3n) is 5.13. The fraction of sp³-hybridized carbons (Fsp3) is 0.217. The summed E-state index contributed by atoms with van der Waals surface area (Å²) < 4.78 is 18.3. The third-order valence-corrected chi connectivity index (χ3v) is 5.13. The lowest BCUT2D eigenvalue weighted by atomic mass is 10.00. The van der Waals surface area contributed by atoms with Crippen LogP contribution in [0.2, 0.25) is 0 Å². The van der Waals surface area contributed by atoms with E-state index in [1.54, 1.807) is 29.2 Å². The molecule has 2 amide bonds. The maximum atomic E-state index is 13.0. The van der Waals surface area contributed by atoms with Crippen LogP contribution in [0.5, 0.6) is 0 Å². The number of fused-ring (bicyclic) bond motifs is 1. The SMILES string of the molecule is CC(Cc1ccc(F)cc1)C(=O)Nc1ccc2c(c1)N(C(=O)c1ccco1)CC2. The Balaban J connectivity index is 1.46. The van der Waals surface area contributed by atoms with E-state index in [1.165, 1.54) is 18.4 Å². The first-order chi connectivity index (χ1) is 14.0. The van der Waals surface area contributed by atoms with Crippen LogP contribution in [0, 0.1) is 11.7 Å². The van der Waals surface area contributed by atoms with E-state index in [0.717, 1.165) is 23.2 Å². The second-order valence-electron chi connectivity index (χ2n) is 7.25. The molecule has 1 N–H and O–H groups in total. The zero-order valence-electron chi connectivity index (χ0n) is 16.0. The molecular weight excluding hydrogens is 371 g/mol. The Morgan fingerprint density at radius 2 is 1.97 bits per heavy atom. The molecule has 1 aliphatic rings. The molecule has 1 aromatic heterocycles. The van der Waals surface area contributed by atoms with Crippen molar-refractivity contribution in [3.05, 3.63) is 83.6 Å². The lowest BCUT2D eigenvalue weighted by molar-refractivity contribution is -0.119. The molecule has 0 spiro atoms. The van der Waals surface area contributed by atoms with E-state index in [2.05, 4.69) is 5.32 Å². The minimum atomic E-state index is -0.294. The van der Waals surface area contributed by atoms with Crippen molar-refractivity contribution in [1.82, 2.24) is 0 Å². The van der Waals surface area contributed by atoms with Gasteiger partial charge >= 0.3 is 0 Å². The number of rotatable bonds is 5. The summed E-state index contributed by atoms with van der Waals surface area (Å²) in [5.74, 6) is -0.606. The summed E-state index contributed by atoms with van der Waals surface area (Å²) in [6, 6.07) is 15.1. The van der Waals surface area contributed by atoms with Gasteiger partial charge in [0.25, 0.3) is 5.91 Å². The molecule has 29 heavy (non-hydrogen) atoms. The predicted molar refractivity (Wildman–Crippen MR) is 108 cm³/mol. The molecule has 0 aliphatic carbocycles. The average molecular weight is 392 g/mol. The maximum Gasteiger partial charge on any atom is 0.293 e. The van der Waals surface area contributed by atoms with Crippen LogP contribution in [0.25, 0.3) is 0 Å². The second-order valence-corrected chi connectivity index (χ2v) is 7.25. The molecule has 2 heterocycles. The Morgan fingerprint density at radius 1 is 1.17 bits per heavy atom. The van der Waals surface area contributed by atoms with Crippen LogP contribution >= 0.6 is 0 Å². The number of nitrogens with one attached hydrogen (secondary N) is 1. The zero-order chi connectivity index (χ0) is 20.4. The van der Waals surface area contributed by atoms with E-state index in [-0.39, 0.29) is 23.5 Å². The van der Waals surface area contributed by atoms with Gasteiger partial charge in [0.2, 0.25) is 5.91 Å². The van der Waals surface area contributed by atoms with Gasteiger partial charge in [0, 0.05) is 23.8 Å². The Hall–Kier alpha value is -3.41. The van der Waals surface area contributed by atoms with Crippen molar-refractivity contribution in [3.8, 4) is 0 Å². The van der Waals surface area contributed by atoms with E-state index >= 15 is 0 Å². The molecule has 0 saturated carbocycles. The van der Waals surface area contributed by atoms with Gasteiger partial charge < -0.3 is 14.6 Å². The predicted octanol–water partition coefficient (Wildman–Crippen LogP) is 4.44. The van der Waals surface area contributed by atoms with Crippen molar-refractivity contribution < 1.29 is 18.4 Å². The number of hydrogen-bond donors (Lipinski definition) is 1.